The molecule has 2 rings (SSSR count). The highest BCUT2D eigenvalue weighted by Gasteiger charge is 2.23. The zero-order chi connectivity index (χ0) is 14.8. The van der Waals surface area contributed by atoms with Crippen LogP contribution in [0.15, 0.2) is 18.2 Å². The smallest absolute Gasteiger partial charge is 0.254 e. The van der Waals surface area contributed by atoms with E-state index in [2.05, 4.69) is 20.8 Å². The molecular weight excluding hydrogens is 254 g/mol. The standard InChI is InChI=1S/C16H23NO3/c1-16(2,3)13-11-12(5-6-14(13)19-4)15(18)17-7-9-20-10-8-17/h5-6,11H,7-10H2,1-4H3. The lowest BCUT2D eigenvalue weighted by Crippen LogP contribution is -2.40. The first kappa shape index (κ1) is 14.9. The molecule has 0 aliphatic carbocycles. The lowest BCUT2D eigenvalue weighted by Gasteiger charge is -2.28. The van der Waals surface area contributed by atoms with E-state index >= 15 is 0 Å². The van der Waals surface area contributed by atoms with Crippen molar-refractivity contribution in [3.05, 3.63) is 29.3 Å². The van der Waals surface area contributed by atoms with Gasteiger partial charge in [-0.25, -0.2) is 0 Å². The maximum Gasteiger partial charge on any atom is 0.254 e. The third-order valence-electron chi connectivity index (χ3n) is 3.55. The molecule has 1 saturated heterocycles. The monoisotopic (exact) mass is 277 g/mol. The first-order valence-electron chi connectivity index (χ1n) is 6.99. The van der Waals surface area contributed by atoms with E-state index in [0.717, 1.165) is 16.9 Å². The van der Waals surface area contributed by atoms with E-state index in [1.165, 1.54) is 0 Å². The van der Waals surface area contributed by atoms with Crippen LogP contribution < -0.4 is 4.74 Å². The van der Waals surface area contributed by atoms with Crippen molar-refractivity contribution in [3.8, 4) is 5.75 Å². The van der Waals surface area contributed by atoms with Crippen LogP contribution in [0.4, 0.5) is 0 Å². The molecule has 20 heavy (non-hydrogen) atoms. The number of rotatable bonds is 2. The van der Waals surface area contributed by atoms with Gasteiger partial charge in [0.05, 0.1) is 20.3 Å². The van der Waals surface area contributed by atoms with Crippen LogP contribution in [-0.2, 0) is 10.2 Å². The molecule has 1 aliphatic heterocycles. The van der Waals surface area contributed by atoms with Crippen molar-refractivity contribution in [2.45, 2.75) is 26.2 Å². The summed E-state index contributed by atoms with van der Waals surface area (Å²) in [7, 11) is 1.66. The molecule has 0 aromatic heterocycles. The molecule has 0 saturated carbocycles. The van der Waals surface area contributed by atoms with Gasteiger partial charge in [0.2, 0.25) is 0 Å². The quantitative estimate of drug-likeness (QED) is 0.833. The van der Waals surface area contributed by atoms with Crippen LogP contribution in [0.5, 0.6) is 5.75 Å². The van der Waals surface area contributed by atoms with E-state index < -0.39 is 0 Å². The second-order valence-electron chi connectivity index (χ2n) is 6.07. The zero-order valence-corrected chi connectivity index (χ0v) is 12.7. The van der Waals surface area contributed by atoms with E-state index in [1.54, 1.807) is 7.11 Å². The summed E-state index contributed by atoms with van der Waals surface area (Å²) >= 11 is 0. The van der Waals surface area contributed by atoms with Crippen molar-refractivity contribution in [1.29, 1.82) is 0 Å². The molecule has 0 N–H and O–H groups in total. The van der Waals surface area contributed by atoms with E-state index in [-0.39, 0.29) is 11.3 Å². The third kappa shape index (κ3) is 3.12. The highest BCUT2D eigenvalue weighted by atomic mass is 16.5. The van der Waals surface area contributed by atoms with Crippen LogP contribution in [0.1, 0.15) is 36.7 Å². The fourth-order valence-corrected chi connectivity index (χ4v) is 2.38. The summed E-state index contributed by atoms with van der Waals surface area (Å²) in [5.74, 6) is 0.900. The number of amides is 1. The molecular formula is C16H23NO3. The lowest BCUT2D eigenvalue weighted by molar-refractivity contribution is 0.0303. The largest absolute Gasteiger partial charge is 0.496 e. The molecule has 0 bridgehead atoms. The van der Waals surface area contributed by atoms with Crippen LogP contribution in [-0.4, -0.2) is 44.2 Å². The molecule has 1 heterocycles. The van der Waals surface area contributed by atoms with Crippen molar-refractivity contribution in [3.63, 3.8) is 0 Å². The number of methoxy groups -OCH3 is 1. The lowest BCUT2D eigenvalue weighted by atomic mass is 9.85. The summed E-state index contributed by atoms with van der Waals surface area (Å²) in [6.45, 7) is 8.92. The van der Waals surface area contributed by atoms with E-state index in [1.807, 2.05) is 23.1 Å². The minimum atomic E-state index is -0.0629. The molecule has 1 amide bonds. The van der Waals surface area contributed by atoms with Gasteiger partial charge in [0.1, 0.15) is 5.75 Å². The molecule has 110 valence electrons. The van der Waals surface area contributed by atoms with Gasteiger partial charge in [0.15, 0.2) is 0 Å². The van der Waals surface area contributed by atoms with Crippen LogP contribution in [0, 0.1) is 0 Å². The fraction of sp³-hybridized carbons (Fsp3) is 0.562. The topological polar surface area (TPSA) is 38.8 Å². The van der Waals surface area contributed by atoms with Crippen LogP contribution in [0.25, 0.3) is 0 Å². The second-order valence-corrected chi connectivity index (χ2v) is 6.07. The molecule has 1 aromatic carbocycles. The molecule has 0 atom stereocenters. The number of ether oxygens (including phenoxy) is 2. The summed E-state index contributed by atoms with van der Waals surface area (Å²) < 4.78 is 10.7. The van der Waals surface area contributed by atoms with Crippen LogP contribution >= 0.6 is 0 Å². The molecule has 1 aromatic rings. The van der Waals surface area contributed by atoms with Gasteiger partial charge in [-0.05, 0) is 23.6 Å². The maximum absolute atomic E-state index is 12.5. The van der Waals surface area contributed by atoms with Crippen molar-refractivity contribution in [2.75, 3.05) is 33.4 Å². The third-order valence-corrected chi connectivity index (χ3v) is 3.55. The fourth-order valence-electron chi connectivity index (χ4n) is 2.38. The summed E-state index contributed by atoms with van der Waals surface area (Å²) in [5.41, 5.74) is 1.71. The molecule has 0 unspecified atom stereocenters. The van der Waals surface area contributed by atoms with Gasteiger partial charge in [-0.15, -0.1) is 0 Å². The minimum Gasteiger partial charge on any atom is -0.496 e. The molecule has 0 spiro atoms. The molecule has 4 nitrogen and oxygen atoms in total. The molecule has 4 heteroatoms. The number of morpholine rings is 1. The molecule has 1 aliphatic rings. The Morgan fingerprint density at radius 1 is 1.25 bits per heavy atom. The number of benzene rings is 1. The van der Waals surface area contributed by atoms with Gasteiger partial charge in [-0.3, -0.25) is 4.79 Å². The average molecular weight is 277 g/mol. The average Bonchev–Trinajstić information content (AvgIpc) is 2.46. The summed E-state index contributed by atoms with van der Waals surface area (Å²) in [5, 5.41) is 0. The zero-order valence-electron chi connectivity index (χ0n) is 12.7. The van der Waals surface area contributed by atoms with Gasteiger partial charge < -0.3 is 14.4 Å². The Kier molecular flexibility index (Phi) is 4.33. The van der Waals surface area contributed by atoms with Crippen molar-refractivity contribution in [1.82, 2.24) is 4.90 Å². The SMILES string of the molecule is COc1ccc(C(=O)N2CCOCC2)cc1C(C)(C)C. The summed E-state index contributed by atoms with van der Waals surface area (Å²) in [6, 6.07) is 5.68. The van der Waals surface area contributed by atoms with E-state index in [4.69, 9.17) is 9.47 Å². The summed E-state index contributed by atoms with van der Waals surface area (Å²) in [6.07, 6.45) is 0. The number of carbonyl (C=O) groups excluding carboxylic acids is 1. The van der Waals surface area contributed by atoms with Crippen molar-refractivity contribution in [2.24, 2.45) is 0 Å². The summed E-state index contributed by atoms with van der Waals surface area (Å²) in [4.78, 5) is 14.4. The maximum atomic E-state index is 12.5. The Bertz CT molecular complexity index is 485. The Balaban J connectivity index is 2.30. The first-order valence-corrected chi connectivity index (χ1v) is 6.99. The Labute approximate surface area is 120 Å². The molecule has 0 radical (unpaired) electrons. The highest BCUT2D eigenvalue weighted by molar-refractivity contribution is 5.94. The van der Waals surface area contributed by atoms with E-state index in [0.29, 0.717) is 26.3 Å². The molecule has 1 fully saturated rings. The minimum absolute atomic E-state index is 0.0629. The second kappa shape index (κ2) is 5.83. The van der Waals surface area contributed by atoms with Gasteiger partial charge in [-0.2, -0.15) is 0 Å². The highest BCUT2D eigenvalue weighted by Crippen LogP contribution is 2.32. The number of carbonyl (C=O) groups is 1. The number of hydrogen-bond donors (Lipinski definition) is 0. The number of hydrogen-bond acceptors (Lipinski definition) is 3. The normalized spacial score (nSPS) is 16.1. The van der Waals surface area contributed by atoms with Gasteiger partial charge in [0, 0.05) is 24.2 Å². The van der Waals surface area contributed by atoms with E-state index in [9.17, 15) is 4.79 Å². The van der Waals surface area contributed by atoms with Gasteiger partial charge in [-0.1, -0.05) is 20.8 Å². The predicted molar refractivity (Wildman–Crippen MR) is 78.4 cm³/mol. The Morgan fingerprint density at radius 2 is 1.90 bits per heavy atom. The van der Waals surface area contributed by atoms with Crippen molar-refractivity contribution < 1.29 is 14.3 Å². The Morgan fingerprint density at radius 3 is 2.45 bits per heavy atom. The van der Waals surface area contributed by atoms with Gasteiger partial charge in [0.25, 0.3) is 5.91 Å². The number of nitrogens with zero attached hydrogens (tertiary/aromatic N) is 1. The predicted octanol–water partition coefficient (Wildman–Crippen LogP) is 2.47. The van der Waals surface area contributed by atoms with Gasteiger partial charge >= 0.3 is 0 Å². The first-order chi connectivity index (χ1) is 9.43. The van der Waals surface area contributed by atoms with Crippen LogP contribution in [0.3, 0.4) is 0 Å². The van der Waals surface area contributed by atoms with Crippen molar-refractivity contribution >= 4 is 5.91 Å². The Hall–Kier alpha value is -1.55. The van der Waals surface area contributed by atoms with Crippen LogP contribution in [0.2, 0.25) is 0 Å².